The minimum Gasteiger partial charge on any atom is -0.387 e. The number of nitrogens with one attached hydrogen (secondary N) is 1. The minimum atomic E-state index is -0.630. The molecule has 1 aliphatic heterocycles. The zero-order valence-corrected chi connectivity index (χ0v) is 11.7. The van der Waals surface area contributed by atoms with E-state index in [1.165, 1.54) is 18.6 Å². The van der Waals surface area contributed by atoms with Crippen molar-refractivity contribution in [2.45, 2.75) is 12.5 Å². The summed E-state index contributed by atoms with van der Waals surface area (Å²) >= 11 is 0. The summed E-state index contributed by atoms with van der Waals surface area (Å²) in [5.74, 6) is 0.643. The van der Waals surface area contributed by atoms with Crippen LogP contribution in [0.1, 0.15) is 18.1 Å². The number of nitrogens with zero attached hydrogens (tertiary/aromatic N) is 2. The SMILES string of the molecule is CN1CCC(CNCC(O)c2ccc([N+](=O)[O-])cc2)C1. The standard InChI is InChI=1S/C14H21N3O3/c1-16-7-6-11(10-16)8-15-9-14(18)12-2-4-13(5-3-12)17(19)20/h2-5,11,14-15,18H,6-10H2,1H3. The Labute approximate surface area is 118 Å². The molecular weight excluding hydrogens is 258 g/mol. The molecule has 0 aliphatic carbocycles. The Balaban J connectivity index is 1.76. The van der Waals surface area contributed by atoms with Crippen LogP contribution < -0.4 is 5.32 Å². The molecule has 1 aromatic carbocycles. The van der Waals surface area contributed by atoms with E-state index >= 15 is 0 Å². The van der Waals surface area contributed by atoms with Crippen LogP contribution in [0.15, 0.2) is 24.3 Å². The van der Waals surface area contributed by atoms with Crippen molar-refractivity contribution in [2.24, 2.45) is 5.92 Å². The number of nitro groups is 1. The number of aliphatic hydroxyl groups is 1. The Bertz CT molecular complexity index is 449. The van der Waals surface area contributed by atoms with E-state index in [0.717, 1.165) is 19.6 Å². The van der Waals surface area contributed by atoms with Crippen LogP contribution in [0.25, 0.3) is 0 Å². The molecule has 0 bridgehead atoms. The van der Waals surface area contributed by atoms with E-state index in [1.54, 1.807) is 12.1 Å². The molecule has 2 atom stereocenters. The van der Waals surface area contributed by atoms with Gasteiger partial charge in [0.05, 0.1) is 11.0 Å². The Hall–Kier alpha value is -1.50. The van der Waals surface area contributed by atoms with Crippen LogP contribution in [0.4, 0.5) is 5.69 Å². The molecule has 110 valence electrons. The quantitative estimate of drug-likeness (QED) is 0.603. The molecule has 20 heavy (non-hydrogen) atoms. The number of hydrogen-bond acceptors (Lipinski definition) is 5. The van der Waals surface area contributed by atoms with Crippen LogP contribution in [-0.2, 0) is 0 Å². The van der Waals surface area contributed by atoms with Crippen LogP contribution in [0, 0.1) is 16.0 Å². The smallest absolute Gasteiger partial charge is 0.269 e. The molecule has 1 heterocycles. The highest BCUT2D eigenvalue weighted by molar-refractivity contribution is 5.33. The van der Waals surface area contributed by atoms with Gasteiger partial charge in [0.15, 0.2) is 0 Å². The van der Waals surface area contributed by atoms with Crippen molar-refractivity contribution in [3.05, 3.63) is 39.9 Å². The Morgan fingerprint density at radius 3 is 2.75 bits per heavy atom. The number of non-ortho nitro benzene ring substituents is 1. The van der Waals surface area contributed by atoms with Gasteiger partial charge in [-0.2, -0.15) is 0 Å². The first-order valence-corrected chi connectivity index (χ1v) is 6.88. The molecule has 0 spiro atoms. The van der Waals surface area contributed by atoms with Gasteiger partial charge >= 0.3 is 0 Å². The predicted molar refractivity (Wildman–Crippen MR) is 76.5 cm³/mol. The van der Waals surface area contributed by atoms with Crippen molar-refractivity contribution < 1.29 is 10.0 Å². The van der Waals surface area contributed by atoms with Crippen LogP contribution in [-0.4, -0.2) is 48.2 Å². The van der Waals surface area contributed by atoms with Crippen molar-refractivity contribution in [3.8, 4) is 0 Å². The van der Waals surface area contributed by atoms with E-state index < -0.39 is 11.0 Å². The lowest BCUT2D eigenvalue weighted by Crippen LogP contribution is -2.28. The summed E-state index contributed by atoms with van der Waals surface area (Å²) in [4.78, 5) is 12.4. The average Bonchev–Trinajstić information content (AvgIpc) is 2.84. The maximum Gasteiger partial charge on any atom is 0.269 e. The lowest BCUT2D eigenvalue weighted by atomic mass is 10.1. The lowest BCUT2D eigenvalue weighted by Gasteiger charge is -2.15. The molecule has 0 radical (unpaired) electrons. The van der Waals surface area contributed by atoms with Gasteiger partial charge in [0.1, 0.15) is 0 Å². The Kier molecular flexibility index (Phi) is 5.05. The number of rotatable bonds is 6. The fraction of sp³-hybridized carbons (Fsp3) is 0.571. The predicted octanol–water partition coefficient (Wildman–Crippen LogP) is 1.17. The molecule has 1 fully saturated rings. The zero-order chi connectivity index (χ0) is 14.5. The van der Waals surface area contributed by atoms with E-state index in [-0.39, 0.29) is 5.69 Å². The summed E-state index contributed by atoms with van der Waals surface area (Å²) in [5.41, 5.74) is 0.745. The van der Waals surface area contributed by atoms with Gasteiger partial charge in [-0.3, -0.25) is 10.1 Å². The van der Waals surface area contributed by atoms with E-state index in [0.29, 0.717) is 18.0 Å². The molecule has 0 amide bonds. The van der Waals surface area contributed by atoms with Crippen LogP contribution in [0.2, 0.25) is 0 Å². The van der Waals surface area contributed by atoms with Gasteiger partial charge in [0.2, 0.25) is 0 Å². The van der Waals surface area contributed by atoms with Crippen LogP contribution in [0.3, 0.4) is 0 Å². The fourth-order valence-corrected chi connectivity index (χ4v) is 2.55. The maximum absolute atomic E-state index is 10.6. The second-order valence-corrected chi connectivity index (χ2v) is 5.44. The largest absolute Gasteiger partial charge is 0.387 e. The second-order valence-electron chi connectivity index (χ2n) is 5.44. The molecule has 0 saturated carbocycles. The van der Waals surface area contributed by atoms with E-state index in [4.69, 9.17) is 0 Å². The Morgan fingerprint density at radius 2 is 2.20 bits per heavy atom. The highest BCUT2D eigenvalue weighted by atomic mass is 16.6. The first kappa shape index (κ1) is 14.9. The highest BCUT2D eigenvalue weighted by Crippen LogP contribution is 2.18. The number of nitro benzene ring substituents is 1. The second kappa shape index (κ2) is 6.78. The van der Waals surface area contributed by atoms with Gasteiger partial charge < -0.3 is 15.3 Å². The molecule has 1 saturated heterocycles. The molecule has 1 aromatic rings. The van der Waals surface area contributed by atoms with Crippen molar-refractivity contribution in [1.29, 1.82) is 0 Å². The molecular formula is C14H21N3O3. The topological polar surface area (TPSA) is 78.6 Å². The highest BCUT2D eigenvalue weighted by Gasteiger charge is 2.19. The van der Waals surface area contributed by atoms with Crippen LogP contribution >= 0.6 is 0 Å². The van der Waals surface area contributed by atoms with Crippen molar-refractivity contribution in [1.82, 2.24) is 10.2 Å². The van der Waals surface area contributed by atoms with E-state index in [2.05, 4.69) is 17.3 Å². The van der Waals surface area contributed by atoms with Gasteiger partial charge in [-0.05, 0) is 50.2 Å². The monoisotopic (exact) mass is 279 g/mol. The first-order valence-electron chi connectivity index (χ1n) is 6.88. The number of benzene rings is 1. The summed E-state index contributed by atoms with van der Waals surface area (Å²) < 4.78 is 0. The van der Waals surface area contributed by atoms with Gasteiger partial charge in [-0.1, -0.05) is 0 Å². The van der Waals surface area contributed by atoms with E-state index in [9.17, 15) is 15.2 Å². The first-order chi connectivity index (χ1) is 9.56. The number of hydrogen-bond donors (Lipinski definition) is 2. The molecule has 6 nitrogen and oxygen atoms in total. The summed E-state index contributed by atoms with van der Waals surface area (Å²) in [6.07, 6.45) is 0.562. The normalized spacial score (nSPS) is 21.0. The van der Waals surface area contributed by atoms with Crippen molar-refractivity contribution >= 4 is 5.69 Å². The average molecular weight is 279 g/mol. The van der Waals surface area contributed by atoms with Gasteiger partial charge in [-0.25, -0.2) is 0 Å². The molecule has 1 aliphatic rings. The fourth-order valence-electron chi connectivity index (χ4n) is 2.55. The van der Waals surface area contributed by atoms with Gasteiger partial charge in [0.25, 0.3) is 5.69 Å². The molecule has 2 rings (SSSR count). The summed E-state index contributed by atoms with van der Waals surface area (Å²) in [7, 11) is 2.12. The zero-order valence-electron chi connectivity index (χ0n) is 11.7. The summed E-state index contributed by atoms with van der Waals surface area (Å²) in [6, 6.07) is 6.05. The van der Waals surface area contributed by atoms with Crippen molar-refractivity contribution in [3.63, 3.8) is 0 Å². The third-order valence-corrected chi connectivity index (χ3v) is 3.75. The lowest BCUT2D eigenvalue weighted by molar-refractivity contribution is -0.384. The van der Waals surface area contributed by atoms with Crippen LogP contribution in [0.5, 0.6) is 0 Å². The molecule has 2 unspecified atom stereocenters. The van der Waals surface area contributed by atoms with Gasteiger partial charge in [-0.15, -0.1) is 0 Å². The minimum absolute atomic E-state index is 0.0444. The molecule has 2 N–H and O–H groups in total. The third-order valence-electron chi connectivity index (χ3n) is 3.75. The van der Waals surface area contributed by atoms with Gasteiger partial charge in [0, 0.05) is 25.2 Å². The summed E-state index contributed by atoms with van der Waals surface area (Å²) in [6.45, 7) is 3.60. The Morgan fingerprint density at radius 1 is 1.50 bits per heavy atom. The maximum atomic E-state index is 10.6. The van der Waals surface area contributed by atoms with Crippen molar-refractivity contribution in [2.75, 3.05) is 33.2 Å². The summed E-state index contributed by atoms with van der Waals surface area (Å²) in [5, 5.41) is 23.9. The number of likely N-dealkylation sites (tertiary alicyclic amines) is 1. The molecule has 0 aromatic heterocycles. The third kappa shape index (κ3) is 4.00. The van der Waals surface area contributed by atoms with E-state index in [1.807, 2.05) is 0 Å². The number of aliphatic hydroxyl groups excluding tert-OH is 1. The molecule has 6 heteroatoms.